The van der Waals surface area contributed by atoms with E-state index < -0.39 is 10.3 Å². The smallest absolute Gasteiger partial charge is 0.371 e. The number of hydrogen-bond donors (Lipinski definition) is 1. The largest absolute Gasteiger partial charge is 0.380 e. The quantitative estimate of drug-likeness (QED) is 0.839. The van der Waals surface area contributed by atoms with Crippen LogP contribution in [0.3, 0.4) is 0 Å². The summed E-state index contributed by atoms with van der Waals surface area (Å²) in [4.78, 5) is 11.4. The van der Waals surface area contributed by atoms with Crippen LogP contribution in [-0.4, -0.2) is 14.7 Å². The minimum absolute atomic E-state index is 0.0249. The maximum atomic E-state index is 11.4. The first kappa shape index (κ1) is 16.8. The lowest BCUT2D eigenvalue weighted by Gasteiger charge is -2.49. The fourth-order valence-electron chi connectivity index (χ4n) is 5.53. The van der Waals surface area contributed by atoms with Crippen LogP contribution < -0.4 is 9.32 Å². The van der Waals surface area contributed by atoms with Crippen molar-refractivity contribution in [1.82, 2.24) is 0 Å². The van der Waals surface area contributed by atoms with Crippen molar-refractivity contribution in [2.24, 2.45) is 22.4 Å². The Morgan fingerprint density at radius 2 is 2.12 bits per heavy atom. The third kappa shape index (κ3) is 2.72. The van der Waals surface area contributed by atoms with Crippen LogP contribution in [0.5, 0.6) is 5.75 Å². The normalized spacial score (nSPS) is 33.7. The molecule has 1 fully saturated rings. The Bertz CT molecular complexity index is 860. The van der Waals surface area contributed by atoms with Crippen molar-refractivity contribution in [2.75, 3.05) is 0 Å². The van der Waals surface area contributed by atoms with Crippen molar-refractivity contribution in [3.63, 3.8) is 0 Å². The molecule has 5 nitrogen and oxygen atoms in total. The molecule has 0 spiro atoms. The van der Waals surface area contributed by atoms with Crippen molar-refractivity contribution in [3.05, 3.63) is 41.0 Å². The molecule has 6 heteroatoms. The summed E-state index contributed by atoms with van der Waals surface area (Å²) < 4.78 is 27.1. The van der Waals surface area contributed by atoms with Crippen LogP contribution >= 0.6 is 0 Å². The Labute approximate surface area is 148 Å². The van der Waals surface area contributed by atoms with Gasteiger partial charge in [0.1, 0.15) is 12.0 Å². The summed E-state index contributed by atoms with van der Waals surface area (Å²) in [6.07, 6.45) is 8.24. The average molecular weight is 361 g/mol. The van der Waals surface area contributed by atoms with Crippen LogP contribution in [0, 0.1) is 17.3 Å². The van der Waals surface area contributed by atoms with Gasteiger partial charge in [-0.25, -0.2) is 0 Å². The lowest BCUT2D eigenvalue weighted by atomic mass is 9.54. The first-order valence-corrected chi connectivity index (χ1v) is 10.3. The van der Waals surface area contributed by atoms with Crippen LogP contribution in [-0.2, 0) is 21.5 Å². The maximum absolute atomic E-state index is 11.4. The Morgan fingerprint density at radius 3 is 2.84 bits per heavy atom. The molecule has 3 aliphatic carbocycles. The van der Waals surface area contributed by atoms with E-state index in [1.807, 2.05) is 12.1 Å². The molecule has 0 saturated heterocycles. The molecule has 0 bridgehead atoms. The zero-order valence-corrected chi connectivity index (χ0v) is 15.1. The molecular formula is C19H23NO4S. The Kier molecular flexibility index (Phi) is 3.81. The summed E-state index contributed by atoms with van der Waals surface area (Å²) in [6, 6.07) is 5.51. The molecule has 0 amide bonds. The molecule has 0 aromatic heterocycles. The van der Waals surface area contributed by atoms with E-state index in [2.05, 4.69) is 13.0 Å². The summed E-state index contributed by atoms with van der Waals surface area (Å²) in [5.74, 6) is 1.86. The predicted molar refractivity (Wildman–Crippen MR) is 94.3 cm³/mol. The third-order valence-electron chi connectivity index (χ3n) is 6.68. The number of allylic oxidation sites excluding steroid dienone is 2. The predicted octanol–water partition coefficient (Wildman–Crippen LogP) is 2.86. The highest BCUT2D eigenvalue weighted by molar-refractivity contribution is 7.84. The van der Waals surface area contributed by atoms with Gasteiger partial charge in [0.15, 0.2) is 0 Å². The molecule has 1 aromatic carbocycles. The molecule has 1 saturated carbocycles. The second-order valence-electron chi connectivity index (χ2n) is 7.82. The van der Waals surface area contributed by atoms with Gasteiger partial charge in [-0.05, 0) is 84.1 Å². The van der Waals surface area contributed by atoms with Gasteiger partial charge in [-0.2, -0.15) is 13.6 Å². The minimum Gasteiger partial charge on any atom is -0.371 e. The molecule has 0 aliphatic heterocycles. The van der Waals surface area contributed by atoms with Crippen LogP contribution in [0.1, 0.15) is 49.7 Å². The van der Waals surface area contributed by atoms with E-state index in [0.29, 0.717) is 17.8 Å². The van der Waals surface area contributed by atoms with Crippen LogP contribution in [0.25, 0.3) is 0 Å². The van der Waals surface area contributed by atoms with Crippen molar-refractivity contribution >= 4 is 16.6 Å². The van der Waals surface area contributed by atoms with Gasteiger partial charge >= 0.3 is 10.3 Å². The first-order valence-electron chi connectivity index (χ1n) is 8.83. The Hall–Kier alpha value is -1.66. The van der Waals surface area contributed by atoms with Gasteiger partial charge in [0.25, 0.3) is 0 Å². The highest BCUT2D eigenvalue weighted by Crippen LogP contribution is 2.60. The zero-order valence-electron chi connectivity index (χ0n) is 14.3. The van der Waals surface area contributed by atoms with Crippen molar-refractivity contribution < 1.29 is 17.4 Å². The molecule has 134 valence electrons. The van der Waals surface area contributed by atoms with Gasteiger partial charge < -0.3 is 4.18 Å². The zero-order chi connectivity index (χ0) is 17.8. The standard InChI is InChI=1S/C19H23NO4S/c1-19-9-8-16-15-6-4-14(24-25(20,22)23)10-12(15)2-5-17(16)18(19)7-3-13(19)11-21/h3-4,6,10-11,16-18H,2,5,7-9H2,1H3,(H2,20,22,23)/t16-,17+,18+,19-/m1/s1. The third-order valence-corrected chi connectivity index (χ3v) is 7.10. The fraction of sp³-hybridized carbons (Fsp3) is 0.526. The van der Waals surface area contributed by atoms with Gasteiger partial charge in [0, 0.05) is 0 Å². The lowest BCUT2D eigenvalue weighted by molar-refractivity contribution is -0.106. The lowest BCUT2D eigenvalue weighted by Crippen LogP contribution is -2.41. The SMILES string of the molecule is C[C@]12CC[C@@H]3c4ccc(OS(N)(=O)=O)cc4CC[C@@H]3[C@@H]1CC=C2C=O. The van der Waals surface area contributed by atoms with E-state index in [1.165, 1.54) is 5.56 Å². The topological polar surface area (TPSA) is 86.5 Å². The number of carbonyl (C=O) groups is 1. The molecular weight excluding hydrogens is 338 g/mol. The molecule has 3 aliphatic rings. The van der Waals surface area contributed by atoms with Crippen LogP contribution in [0.2, 0.25) is 0 Å². The van der Waals surface area contributed by atoms with Crippen molar-refractivity contribution in [1.29, 1.82) is 0 Å². The molecule has 0 radical (unpaired) electrons. The van der Waals surface area contributed by atoms with Crippen LogP contribution in [0.15, 0.2) is 29.8 Å². The molecule has 0 heterocycles. The summed E-state index contributed by atoms with van der Waals surface area (Å²) in [5, 5.41) is 4.96. The van der Waals surface area contributed by atoms with Gasteiger partial charge in [0.2, 0.25) is 0 Å². The van der Waals surface area contributed by atoms with E-state index in [9.17, 15) is 13.2 Å². The first-order chi connectivity index (χ1) is 11.8. The van der Waals surface area contributed by atoms with E-state index in [0.717, 1.165) is 49.5 Å². The summed E-state index contributed by atoms with van der Waals surface area (Å²) in [5.41, 5.74) is 3.47. The monoisotopic (exact) mass is 361 g/mol. The number of fused-ring (bicyclic) bond motifs is 5. The molecule has 4 atom stereocenters. The molecule has 25 heavy (non-hydrogen) atoms. The maximum Gasteiger partial charge on any atom is 0.380 e. The number of nitrogens with two attached hydrogens (primary N) is 1. The minimum atomic E-state index is -4.00. The summed E-state index contributed by atoms with van der Waals surface area (Å²) in [7, 11) is -4.00. The van der Waals surface area contributed by atoms with Crippen molar-refractivity contribution in [3.8, 4) is 5.75 Å². The Morgan fingerprint density at radius 1 is 1.32 bits per heavy atom. The highest BCUT2D eigenvalue weighted by atomic mass is 32.2. The highest BCUT2D eigenvalue weighted by Gasteiger charge is 2.51. The number of rotatable bonds is 3. The second kappa shape index (κ2) is 5.68. The van der Waals surface area contributed by atoms with Gasteiger partial charge in [-0.1, -0.05) is 19.1 Å². The second-order valence-corrected chi connectivity index (χ2v) is 8.97. The molecule has 2 N–H and O–H groups in total. The van der Waals surface area contributed by atoms with E-state index in [-0.39, 0.29) is 11.2 Å². The van der Waals surface area contributed by atoms with Crippen LogP contribution in [0.4, 0.5) is 0 Å². The summed E-state index contributed by atoms with van der Waals surface area (Å²) in [6.45, 7) is 2.25. The average Bonchev–Trinajstić information content (AvgIpc) is 2.89. The molecule has 1 aromatic rings. The fourth-order valence-corrected chi connectivity index (χ4v) is 5.90. The van der Waals surface area contributed by atoms with Crippen molar-refractivity contribution in [2.45, 2.75) is 44.9 Å². The van der Waals surface area contributed by atoms with E-state index in [1.54, 1.807) is 6.07 Å². The molecule has 4 rings (SSSR count). The number of carbonyl (C=O) groups excluding carboxylic acids is 1. The van der Waals surface area contributed by atoms with Gasteiger partial charge in [-0.15, -0.1) is 0 Å². The summed E-state index contributed by atoms with van der Waals surface area (Å²) >= 11 is 0. The number of hydrogen-bond acceptors (Lipinski definition) is 4. The Balaban J connectivity index is 1.63. The van der Waals surface area contributed by atoms with E-state index in [4.69, 9.17) is 9.32 Å². The number of benzene rings is 1. The molecule has 0 unspecified atom stereocenters. The van der Waals surface area contributed by atoms with E-state index >= 15 is 0 Å². The van der Waals surface area contributed by atoms with Gasteiger partial charge in [0.05, 0.1) is 0 Å². The van der Waals surface area contributed by atoms with Gasteiger partial charge in [-0.3, -0.25) is 4.79 Å². The number of aryl methyl sites for hydroxylation is 1. The number of aldehydes is 1.